The van der Waals surface area contributed by atoms with Crippen molar-refractivity contribution in [3.63, 3.8) is 0 Å². The summed E-state index contributed by atoms with van der Waals surface area (Å²) in [6.07, 6.45) is 10.3. The van der Waals surface area contributed by atoms with E-state index < -0.39 is 0 Å². The molecule has 1 N–H and O–H groups in total. The number of hydrogen-bond acceptors (Lipinski definition) is 4. The second-order valence-corrected chi connectivity index (χ2v) is 4.82. The summed E-state index contributed by atoms with van der Waals surface area (Å²) in [6, 6.07) is 0.231. The zero-order chi connectivity index (χ0) is 12.4. The maximum atomic E-state index is 5.82. The van der Waals surface area contributed by atoms with Gasteiger partial charge in [0.2, 0.25) is 5.95 Å². The first-order valence-corrected chi connectivity index (χ1v) is 6.46. The van der Waals surface area contributed by atoms with Crippen molar-refractivity contribution < 1.29 is 0 Å². The lowest BCUT2D eigenvalue weighted by atomic mass is 10.0. The van der Waals surface area contributed by atoms with Crippen LogP contribution in [0, 0.1) is 0 Å². The Morgan fingerprint density at radius 3 is 2.78 bits per heavy atom. The van der Waals surface area contributed by atoms with Crippen LogP contribution in [0.4, 0.5) is 5.95 Å². The Morgan fingerprint density at radius 2 is 2.06 bits per heavy atom. The summed E-state index contributed by atoms with van der Waals surface area (Å²) in [5, 5.41) is 0.560. The minimum atomic E-state index is 0.231. The lowest BCUT2D eigenvalue weighted by molar-refractivity contribution is 0.451. The third-order valence-corrected chi connectivity index (χ3v) is 3.40. The number of piperidine rings is 1. The smallest absolute Gasteiger partial charge is 0.225 e. The molecule has 1 fully saturated rings. The quantitative estimate of drug-likeness (QED) is 0.905. The van der Waals surface area contributed by atoms with E-state index in [9.17, 15) is 0 Å². The molecule has 0 amide bonds. The van der Waals surface area contributed by atoms with E-state index in [1.807, 2.05) is 6.20 Å². The third-order valence-electron chi connectivity index (χ3n) is 3.20. The summed E-state index contributed by atoms with van der Waals surface area (Å²) in [6.45, 7) is 0.951. The number of aromatic nitrogens is 4. The first-order chi connectivity index (χ1) is 8.84. The van der Waals surface area contributed by atoms with Gasteiger partial charge in [-0.3, -0.25) is 0 Å². The summed E-state index contributed by atoms with van der Waals surface area (Å²) in [5.41, 5.74) is 0. The Labute approximate surface area is 110 Å². The normalized spacial score (nSPS) is 20.1. The Hall–Kier alpha value is -1.62. The van der Waals surface area contributed by atoms with Crippen LogP contribution in [0.15, 0.2) is 24.8 Å². The molecule has 2 aromatic rings. The average Bonchev–Trinajstić information content (AvgIpc) is 2.93. The van der Waals surface area contributed by atoms with Gasteiger partial charge in [-0.1, -0.05) is 11.6 Å². The van der Waals surface area contributed by atoms with Gasteiger partial charge in [0, 0.05) is 18.9 Å². The molecular formula is C12H14ClN5. The van der Waals surface area contributed by atoms with Crippen LogP contribution in [-0.4, -0.2) is 26.5 Å². The molecule has 0 bridgehead atoms. The van der Waals surface area contributed by atoms with E-state index in [1.54, 1.807) is 18.6 Å². The Bertz CT molecular complexity index is 496. The van der Waals surface area contributed by atoms with Gasteiger partial charge in [0.05, 0.1) is 23.5 Å². The van der Waals surface area contributed by atoms with Gasteiger partial charge in [-0.05, 0) is 19.3 Å². The maximum Gasteiger partial charge on any atom is 0.225 e. The van der Waals surface area contributed by atoms with Crippen LogP contribution in [0.2, 0.25) is 5.02 Å². The second-order valence-electron chi connectivity index (χ2n) is 4.38. The van der Waals surface area contributed by atoms with Crippen molar-refractivity contribution in [3.05, 3.63) is 35.6 Å². The number of imidazole rings is 1. The highest BCUT2D eigenvalue weighted by Crippen LogP contribution is 2.31. The van der Waals surface area contributed by atoms with Crippen LogP contribution in [0.5, 0.6) is 0 Å². The van der Waals surface area contributed by atoms with Crippen LogP contribution in [0.3, 0.4) is 0 Å². The van der Waals surface area contributed by atoms with Crippen molar-refractivity contribution in [2.45, 2.75) is 25.3 Å². The lowest BCUT2D eigenvalue weighted by Gasteiger charge is -2.34. The van der Waals surface area contributed by atoms with Gasteiger partial charge in [0.1, 0.15) is 5.82 Å². The molecule has 0 saturated carbocycles. The number of nitrogens with one attached hydrogen (secondary N) is 1. The number of hydrogen-bond donors (Lipinski definition) is 1. The molecule has 0 aliphatic carbocycles. The van der Waals surface area contributed by atoms with Crippen molar-refractivity contribution in [1.82, 2.24) is 19.9 Å². The summed E-state index contributed by atoms with van der Waals surface area (Å²) >= 11 is 5.82. The van der Waals surface area contributed by atoms with E-state index >= 15 is 0 Å². The topological polar surface area (TPSA) is 57.7 Å². The van der Waals surface area contributed by atoms with Gasteiger partial charge < -0.3 is 9.88 Å². The molecule has 0 aromatic carbocycles. The number of aromatic amines is 1. The SMILES string of the molecule is Clc1cnc(N2CCCC[C@@H]2c2ncc[nH]2)nc1. The second kappa shape index (κ2) is 4.94. The minimum absolute atomic E-state index is 0.231. The fourth-order valence-electron chi connectivity index (χ4n) is 2.37. The number of halogens is 1. The molecule has 0 radical (unpaired) electrons. The molecule has 1 saturated heterocycles. The Kier molecular flexibility index (Phi) is 3.15. The van der Waals surface area contributed by atoms with Crippen molar-refractivity contribution >= 4 is 17.5 Å². The number of nitrogens with zero attached hydrogens (tertiary/aromatic N) is 4. The summed E-state index contributed by atoms with van der Waals surface area (Å²) in [7, 11) is 0. The monoisotopic (exact) mass is 263 g/mol. The fourth-order valence-corrected chi connectivity index (χ4v) is 2.47. The van der Waals surface area contributed by atoms with E-state index in [1.165, 1.54) is 6.42 Å². The predicted octanol–water partition coefficient (Wildman–Crippen LogP) is 2.58. The molecule has 2 aromatic heterocycles. The molecule has 3 heterocycles. The van der Waals surface area contributed by atoms with Crippen LogP contribution in [-0.2, 0) is 0 Å². The molecular weight excluding hydrogens is 250 g/mol. The van der Waals surface area contributed by atoms with Crippen LogP contribution >= 0.6 is 11.6 Å². The Morgan fingerprint density at radius 1 is 1.22 bits per heavy atom. The number of anilines is 1. The van der Waals surface area contributed by atoms with Gasteiger partial charge >= 0.3 is 0 Å². The highest BCUT2D eigenvalue weighted by molar-refractivity contribution is 6.30. The van der Waals surface area contributed by atoms with E-state index in [-0.39, 0.29) is 6.04 Å². The lowest BCUT2D eigenvalue weighted by Crippen LogP contribution is -2.35. The van der Waals surface area contributed by atoms with Gasteiger partial charge in [0.15, 0.2) is 0 Å². The van der Waals surface area contributed by atoms with Gasteiger partial charge in [0.25, 0.3) is 0 Å². The number of rotatable bonds is 2. The highest BCUT2D eigenvalue weighted by atomic mass is 35.5. The average molecular weight is 264 g/mol. The van der Waals surface area contributed by atoms with Crippen molar-refractivity contribution in [2.75, 3.05) is 11.4 Å². The minimum Gasteiger partial charge on any atom is -0.347 e. The predicted molar refractivity (Wildman–Crippen MR) is 69.6 cm³/mol. The standard InChI is InChI=1S/C12H14ClN5/c13-9-7-16-12(17-8-9)18-6-2-1-3-10(18)11-14-4-5-15-11/h4-5,7-8,10H,1-3,6H2,(H,14,15)/t10-/m1/s1. The highest BCUT2D eigenvalue weighted by Gasteiger charge is 2.27. The van der Waals surface area contributed by atoms with Gasteiger partial charge in [-0.25, -0.2) is 15.0 Å². The van der Waals surface area contributed by atoms with E-state index in [2.05, 4.69) is 24.8 Å². The molecule has 1 atom stereocenters. The van der Waals surface area contributed by atoms with Crippen LogP contribution < -0.4 is 4.90 Å². The van der Waals surface area contributed by atoms with Crippen LogP contribution in [0.1, 0.15) is 31.1 Å². The van der Waals surface area contributed by atoms with E-state index in [0.29, 0.717) is 5.02 Å². The zero-order valence-electron chi connectivity index (χ0n) is 9.88. The first kappa shape index (κ1) is 11.5. The molecule has 1 aliphatic heterocycles. The van der Waals surface area contributed by atoms with E-state index in [4.69, 9.17) is 11.6 Å². The summed E-state index contributed by atoms with van der Waals surface area (Å²) in [4.78, 5) is 18.3. The van der Waals surface area contributed by atoms with Gasteiger partial charge in [-0.2, -0.15) is 0 Å². The molecule has 6 heteroatoms. The maximum absolute atomic E-state index is 5.82. The van der Waals surface area contributed by atoms with Crippen molar-refractivity contribution in [3.8, 4) is 0 Å². The van der Waals surface area contributed by atoms with Crippen molar-refractivity contribution in [2.24, 2.45) is 0 Å². The molecule has 3 rings (SSSR count). The zero-order valence-corrected chi connectivity index (χ0v) is 10.6. The summed E-state index contributed by atoms with van der Waals surface area (Å²) < 4.78 is 0. The van der Waals surface area contributed by atoms with Crippen molar-refractivity contribution in [1.29, 1.82) is 0 Å². The van der Waals surface area contributed by atoms with Gasteiger partial charge in [-0.15, -0.1) is 0 Å². The molecule has 0 unspecified atom stereocenters. The third kappa shape index (κ3) is 2.18. The Balaban J connectivity index is 1.90. The van der Waals surface area contributed by atoms with Crippen LogP contribution in [0.25, 0.3) is 0 Å². The fraction of sp³-hybridized carbons (Fsp3) is 0.417. The molecule has 94 valence electrons. The molecule has 0 spiro atoms. The number of H-pyrrole nitrogens is 1. The molecule has 18 heavy (non-hydrogen) atoms. The first-order valence-electron chi connectivity index (χ1n) is 6.08. The summed E-state index contributed by atoms with van der Waals surface area (Å²) in [5.74, 6) is 1.70. The van der Waals surface area contributed by atoms with E-state index in [0.717, 1.165) is 31.2 Å². The largest absolute Gasteiger partial charge is 0.347 e. The molecule has 1 aliphatic rings. The molecule has 5 nitrogen and oxygen atoms in total.